The second-order valence-corrected chi connectivity index (χ2v) is 4.77. The van der Waals surface area contributed by atoms with E-state index >= 15 is 0 Å². The lowest BCUT2D eigenvalue weighted by Gasteiger charge is -2.39. The van der Waals surface area contributed by atoms with Gasteiger partial charge >= 0.3 is 0 Å². The number of fused-ring (bicyclic) bond motifs is 3. The molecule has 4 unspecified atom stereocenters. The first-order valence-corrected chi connectivity index (χ1v) is 5.96. The molecule has 1 amide bonds. The number of carbonyl (C=O) groups excluding carboxylic acids is 1. The summed E-state index contributed by atoms with van der Waals surface area (Å²) in [6.45, 7) is 0.794. The Labute approximate surface area is 95.1 Å². The van der Waals surface area contributed by atoms with Gasteiger partial charge in [-0.2, -0.15) is 0 Å². The van der Waals surface area contributed by atoms with Gasteiger partial charge in [-0.15, -0.1) is 0 Å². The van der Waals surface area contributed by atoms with Crippen molar-refractivity contribution in [1.29, 1.82) is 0 Å². The second-order valence-electron chi connectivity index (χ2n) is 4.77. The van der Waals surface area contributed by atoms with Gasteiger partial charge in [0.2, 0.25) is 5.91 Å². The van der Waals surface area contributed by atoms with Crippen LogP contribution in [0.15, 0.2) is 24.3 Å². The van der Waals surface area contributed by atoms with Crippen LogP contribution in [0.4, 0.5) is 0 Å². The standard InChI is InChI=1S/C12H17N3O/c16-12-9-7-13-10-6-4-2-1-3-5-8(10)11(9)14-15-12/h1-4,8-11,13-14H,5-7H2,(H,15,16). The molecule has 16 heavy (non-hydrogen) atoms. The van der Waals surface area contributed by atoms with E-state index in [1.54, 1.807) is 0 Å². The van der Waals surface area contributed by atoms with Crippen LogP contribution in [0.2, 0.25) is 0 Å². The fraction of sp³-hybridized carbons (Fsp3) is 0.583. The number of allylic oxidation sites excluding steroid dienone is 3. The summed E-state index contributed by atoms with van der Waals surface area (Å²) < 4.78 is 0. The number of hydrogen-bond acceptors (Lipinski definition) is 3. The Balaban J connectivity index is 1.82. The van der Waals surface area contributed by atoms with Crippen LogP contribution in [0.3, 0.4) is 0 Å². The lowest BCUT2D eigenvalue weighted by Crippen LogP contribution is -2.56. The van der Waals surface area contributed by atoms with Crippen LogP contribution in [-0.2, 0) is 4.79 Å². The van der Waals surface area contributed by atoms with Gasteiger partial charge < -0.3 is 5.32 Å². The van der Waals surface area contributed by atoms with E-state index in [2.05, 4.69) is 40.5 Å². The Morgan fingerprint density at radius 1 is 1.19 bits per heavy atom. The van der Waals surface area contributed by atoms with Gasteiger partial charge in [0.1, 0.15) is 0 Å². The van der Waals surface area contributed by atoms with E-state index in [9.17, 15) is 4.79 Å². The van der Waals surface area contributed by atoms with Crippen molar-refractivity contribution in [3.63, 3.8) is 0 Å². The predicted octanol–water partition coefficient (Wildman–Crippen LogP) is 0.0998. The quantitative estimate of drug-likeness (QED) is 0.541. The highest BCUT2D eigenvalue weighted by atomic mass is 16.2. The second kappa shape index (κ2) is 4.03. The Morgan fingerprint density at radius 2 is 2.00 bits per heavy atom. The molecule has 3 aliphatic rings. The SMILES string of the molecule is O=C1NNC2C1CNC1CC=CC=CCC12. The minimum Gasteiger partial charge on any atom is -0.312 e. The average molecular weight is 219 g/mol. The molecule has 4 nitrogen and oxygen atoms in total. The van der Waals surface area contributed by atoms with Crippen molar-refractivity contribution in [2.75, 3.05) is 6.54 Å². The summed E-state index contributed by atoms with van der Waals surface area (Å²) in [4.78, 5) is 11.6. The molecule has 4 heteroatoms. The Kier molecular flexibility index (Phi) is 2.53. The van der Waals surface area contributed by atoms with Gasteiger partial charge in [-0.25, -0.2) is 5.43 Å². The number of carbonyl (C=O) groups is 1. The third-order valence-corrected chi connectivity index (χ3v) is 3.89. The maximum atomic E-state index is 11.6. The lowest BCUT2D eigenvalue weighted by atomic mass is 9.77. The zero-order chi connectivity index (χ0) is 11.0. The third-order valence-electron chi connectivity index (χ3n) is 3.89. The van der Waals surface area contributed by atoms with Gasteiger partial charge in [0, 0.05) is 18.6 Å². The molecule has 86 valence electrons. The van der Waals surface area contributed by atoms with Crippen LogP contribution in [0.25, 0.3) is 0 Å². The zero-order valence-corrected chi connectivity index (χ0v) is 9.15. The third kappa shape index (κ3) is 1.58. The Hall–Kier alpha value is -1.13. The van der Waals surface area contributed by atoms with Gasteiger partial charge in [-0.05, 0) is 18.8 Å². The summed E-state index contributed by atoms with van der Waals surface area (Å²) in [5.41, 5.74) is 5.92. The molecule has 1 aliphatic carbocycles. The van der Waals surface area contributed by atoms with Gasteiger partial charge in [-0.1, -0.05) is 24.3 Å². The zero-order valence-electron chi connectivity index (χ0n) is 9.15. The van der Waals surface area contributed by atoms with E-state index < -0.39 is 0 Å². The number of hydrogen-bond donors (Lipinski definition) is 3. The maximum absolute atomic E-state index is 11.6. The van der Waals surface area contributed by atoms with Crippen LogP contribution in [0.1, 0.15) is 12.8 Å². The molecule has 2 fully saturated rings. The minimum absolute atomic E-state index is 0.0954. The van der Waals surface area contributed by atoms with Crippen LogP contribution < -0.4 is 16.2 Å². The molecule has 0 saturated carbocycles. The number of amides is 1. The Morgan fingerprint density at radius 3 is 2.88 bits per heavy atom. The molecule has 3 rings (SSSR count). The highest BCUT2D eigenvalue weighted by Crippen LogP contribution is 2.30. The van der Waals surface area contributed by atoms with Gasteiger partial charge in [0.15, 0.2) is 0 Å². The molecule has 2 aliphatic heterocycles. The molecular weight excluding hydrogens is 202 g/mol. The summed E-state index contributed by atoms with van der Waals surface area (Å²) in [5, 5.41) is 3.50. The molecule has 0 aromatic heterocycles. The van der Waals surface area contributed by atoms with Crippen LogP contribution in [0.5, 0.6) is 0 Å². The van der Waals surface area contributed by atoms with E-state index in [0.717, 1.165) is 19.4 Å². The average Bonchev–Trinajstić information content (AvgIpc) is 2.61. The highest BCUT2D eigenvalue weighted by molar-refractivity contribution is 5.81. The van der Waals surface area contributed by atoms with Crippen LogP contribution >= 0.6 is 0 Å². The predicted molar refractivity (Wildman–Crippen MR) is 61.4 cm³/mol. The van der Waals surface area contributed by atoms with Crippen molar-refractivity contribution >= 4 is 5.91 Å². The van der Waals surface area contributed by atoms with Crippen molar-refractivity contribution in [3.8, 4) is 0 Å². The minimum atomic E-state index is 0.0954. The van der Waals surface area contributed by atoms with Crippen LogP contribution in [0, 0.1) is 11.8 Å². The molecule has 3 N–H and O–H groups in total. The highest BCUT2D eigenvalue weighted by Gasteiger charge is 2.45. The van der Waals surface area contributed by atoms with E-state index in [1.165, 1.54) is 0 Å². The Bertz CT molecular complexity index is 350. The lowest BCUT2D eigenvalue weighted by molar-refractivity contribution is -0.123. The van der Waals surface area contributed by atoms with Gasteiger partial charge in [0.25, 0.3) is 0 Å². The molecule has 0 aromatic carbocycles. The van der Waals surface area contributed by atoms with E-state index in [-0.39, 0.29) is 17.9 Å². The number of piperidine rings is 1. The summed E-state index contributed by atoms with van der Waals surface area (Å²) in [6, 6.07) is 0.776. The summed E-state index contributed by atoms with van der Waals surface area (Å²) in [6.07, 6.45) is 10.7. The smallest absolute Gasteiger partial charge is 0.240 e. The van der Waals surface area contributed by atoms with Crippen molar-refractivity contribution in [3.05, 3.63) is 24.3 Å². The molecule has 0 spiro atoms. The normalized spacial score (nSPS) is 41.9. The van der Waals surface area contributed by atoms with Crippen LogP contribution in [-0.4, -0.2) is 24.5 Å². The fourth-order valence-corrected chi connectivity index (χ4v) is 3.00. The number of rotatable bonds is 0. The number of nitrogens with one attached hydrogen (secondary N) is 3. The molecule has 4 atom stereocenters. The van der Waals surface area contributed by atoms with E-state index in [4.69, 9.17) is 0 Å². The molecule has 2 saturated heterocycles. The first kappa shape index (κ1) is 10.1. The van der Waals surface area contributed by atoms with E-state index in [0.29, 0.717) is 12.0 Å². The van der Waals surface area contributed by atoms with Crippen molar-refractivity contribution in [2.45, 2.75) is 24.9 Å². The summed E-state index contributed by atoms with van der Waals surface area (Å²) in [5.74, 6) is 0.731. The summed E-state index contributed by atoms with van der Waals surface area (Å²) in [7, 11) is 0. The van der Waals surface area contributed by atoms with Crippen molar-refractivity contribution < 1.29 is 4.79 Å². The molecule has 0 bridgehead atoms. The summed E-state index contributed by atoms with van der Waals surface area (Å²) >= 11 is 0. The largest absolute Gasteiger partial charge is 0.312 e. The number of hydrazine groups is 1. The first-order chi connectivity index (χ1) is 7.86. The van der Waals surface area contributed by atoms with Gasteiger partial charge in [0.05, 0.1) is 5.92 Å². The van der Waals surface area contributed by atoms with Crippen molar-refractivity contribution in [1.82, 2.24) is 16.2 Å². The van der Waals surface area contributed by atoms with E-state index in [1.807, 2.05) is 0 Å². The van der Waals surface area contributed by atoms with Gasteiger partial charge in [-0.3, -0.25) is 10.2 Å². The molecule has 0 aromatic rings. The fourth-order valence-electron chi connectivity index (χ4n) is 3.00. The topological polar surface area (TPSA) is 53.2 Å². The molecule has 2 heterocycles. The molecule has 0 radical (unpaired) electrons. The molecular formula is C12H17N3O. The first-order valence-electron chi connectivity index (χ1n) is 5.96. The van der Waals surface area contributed by atoms with Crippen molar-refractivity contribution in [2.24, 2.45) is 11.8 Å². The maximum Gasteiger partial charge on any atom is 0.240 e. The monoisotopic (exact) mass is 219 g/mol.